The van der Waals surface area contributed by atoms with E-state index in [0.717, 1.165) is 5.56 Å². The summed E-state index contributed by atoms with van der Waals surface area (Å²) in [6.07, 6.45) is 0.801. The van der Waals surface area contributed by atoms with Gasteiger partial charge in [-0.05, 0) is 29.3 Å². The van der Waals surface area contributed by atoms with Crippen LogP contribution < -0.4 is 4.74 Å². The first kappa shape index (κ1) is 19.2. The zero-order chi connectivity index (χ0) is 18.8. The molecule has 0 aromatic heterocycles. The summed E-state index contributed by atoms with van der Waals surface area (Å²) in [6, 6.07) is 16.6. The molecule has 136 valence electrons. The topological polar surface area (TPSA) is 93.1 Å². The molecule has 6 heteroatoms. The van der Waals surface area contributed by atoms with Crippen molar-refractivity contribution in [3.8, 4) is 5.75 Å². The summed E-state index contributed by atoms with van der Waals surface area (Å²) < 4.78 is 11.1. The molecule has 0 spiro atoms. The van der Waals surface area contributed by atoms with E-state index in [1.54, 1.807) is 24.3 Å². The molecule has 0 amide bonds. The highest BCUT2D eigenvalue weighted by molar-refractivity contribution is 5.96. The van der Waals surface area contributed by atoms with Crippen LogP contribution in [0.3, 0.4) is 0 Å². The fraction of sp³-hybridized carbons (Fsp3) is 0.200. The number of carboxylic acid groups (broad SMARTS) is 2. The molecule has 2 aromatic rings. The number of rotatable bonds is 10. The van der Waals surface area contributed by atoms with Crippen molar-refractivity contribution in [1.82, 2.24) is 0 Å². The predicted octanol–water partition coefficient (Wildman–Crippen LogP) is 3.22. The summed E-state index contributed by atoms with van der Waals surface area (Å²) in [6.45, 7) is 1.36. The lowest BCUT2D eigenvalue weighted by Crippen LogP contribution is -2.07. The standard InChI is InChI=1S/C20H20O6/c21-19(22)13-17(20(23)24)12-15-6-8-18(9-7-15)26-11-10-25-14-16-4-2-1-3-5-16/h1-9,12H,10-11,13-14H2,(H,21,22)(H,23,24)/b17-12+. The van der Waals surface area contributed by atoms with Crippen molar-refractivity contribution in [1.29, 1.82) is 0 Å². The van der Waals surface area contributed by atoms with Gasteiger partial charge in [-0.15, -0.1) is 0 Å². The molecule has 0 radical (unpaired) electrons. The lowest BCUT2D eigenvalue weighted by Gasteiger charge is -2.08. The molecule has 0 atom stereocenters. The van der Waals surface area contributed by atoms with Crippen LogP contribution in [0.1, 0.15) is 17.5 Å². The van der Waals surface area contributed by atoms with Crippen molar-refractivity contribution in [3.05, 3.63) is 71.3 Å². The van der Waals surface area contributed by atoms with Crippen molar-refractivity contribution in [2.45, 2.75) is 13.0 Å². The third-order valence-electron chi connectivity index (χ3n) is 3.45. The zero-order valence-electron chi connectivity index (χ0n) is 14.1. The minimum Gasteiger partial charge on any atom is -0.491 e. The summed E-state index contributed by atoms with van der Waals surface area (Å²) in [4.78, 5) is 21.7. The summed E-state index contributed by atoms with van der Waals surface area (Å²) in [7, 11) is 0. The first-order valence-electron chi connectivity index (χ1n) is 8.05. The van der Waals surface area contributed by atoms with E-state index in [1.807, 2.05) is 30.3 Å². The van der Waals surface area contributed by atoms with Crippen molar-refractivity contribution in [2.24, 2.45) is 0 Å². The molecular formula is C20H20O6. The third-order valence-corrected chi connectivity index (χ3v) is 3.45. The number of carbonyl (C=O) groups is 2. The molecule has 0 heterocycles. The molecule has 0 bridgehead atoms. The second kappa shape index (κ2) is 10.0. The molecule has 0 aliphatic heterocycles. The van der Waals surface area contributed by atoms with Crippen LogP contribution in [-0.2, 0) is 20.9 Å². The average molecular weight is 356 g/mol. The number of hydrogen-bond donors (Lipinski definition) is 2. The van der Waals surface area contributed by atoms with Crippen molar-refractivity contribution >= 4 is 18.0 Å². The maximum Gasteiger partial charge on any atom is 0.332 e. The third kappa shape index (κ3) is 6.78. The maximum absolute atomic E-state index is 11.0. The SMILES string of the molecule is O=C(O)C/C(=C\c1ccc(OCCOCc2ccccc2)cc1)C(=O)O. The van der Waals surface area contributed by atoms with Gasteiger partial charge in [-0.2, -0.15) is 0 Å². The molecule has 6 nitrogen and oxygen atoms in total. The molecule has 0 saturated carbocycles. The lowest BCUT2D eigenvalue weighted by molar-refractivity contribution is -0.139. The normalized spacial score (nSPS) is 11.2. The molecule has 0 fully saturated rings. The highest BCUT2D eigenvalue weighted by atomic mass is 16.5. The summed E-state index contributed by atoms with van der Waals surface area (Å²) in [5.74, 6) is -1.81. The number of hydrogen-bond acceptors (Lipinski definition) is 4. The maximum atomic E-state index is 11.0. The van der Waals surface area contributed by atoms with Crippen LogP contribution in [-0.4, -0.2) is 35.4 Å². The number of ether oxygens (including phenoxy) is 2. The van der Waals surface area contributed by atoms with Gasteiger partial charge < -0.3 is 19.7 Å². The Morgan fingerprint density at radius 1 is 0.923 bits per heavy atom. The van der Waals surface area contributed by atoms with Gasteiger partial charge in [0.1, 0.15) is 12.4 Å². The van der Waals surface area contributed by atoms with E-state index in [1.165, 1.54) is 6.08 Å². The van der Waals surface area contributed by atoms with Crippen LogP contribution in [0.4, 0.5) is 0 Å². The molecule has 2 aromatic carbocycles. The van der Waals surface area contributed by atoms with Gasteiger partial charge in [-0.3, -0.25) is 4.79 Å². The molecule has 0 aliphatic rings. The zero-order valence-corrected chi connectivity index (χ0v) is 14.1. The van der Waals surface area contributed by atoms with E-state index in [9.17, 15) is 9.59 Å². The minimum absolute atomic E-state index is 0.180. The Morgan fingerprint density at radius 3 is 2.23 bits per heavy atom. The highest BCUT2D eigenvalue weighted by Crippen LogP contribution is 2.16. The summed E-state index contributed by atoms with van der Waals surface area (Å²) in [5, 5.41) is 17.7. The van der Waals surface area contributed by atoms with Gasteiger partial charge in [0.05, 0.1) is 19.6 Å². The predicted molar refractivity (Wildman–Crippen MR) is 95.9 cm³/mol. The average Bonchev–Trinajstić information content (AvgIpc) is 2.62. The summed E-state index contributed by atoms with van der Waals surface area (Å²) >= 11 is 0. The van der Waals surface area contributed by atoms with E-state index in [2.05, 4.69) is 0 Å². The van der Waals surface area contributed by atoms with Crippen LogP contribution in [0, 0.1) is 0 Å². The van der Waals surface area contributed by atoms with Gasteiger partial charge in [0.2, 0.25) is 0 Å². The Bertz CT molecular complexity index is 750. The quantitative estimate of drug-likeness (QED) is 0.501. The molecule has 26 heavy (non-hydrogen) atoms. The van der Waals surface area contributed by atoms with E-state index in [-0.39, 0.29) is 5.57 Å². The number of carboxylic acids is 2. The first-order valence-corrected chi connectivity index (χ1v) is 8.05. The van der Waals surface area contributed by atoms with Crippen LogP contribution >= 0.6 is 0 Å². The second-order valence-corrected chi connectivity index (χ2v) is 5.50. The minimum atomic E-state index is -1.25. The molecule has 2 rings (SSSR count). The molecule has 0 saturated heterocycles. The van der Waals surface area contributed by atoms with Crippen molar-refractivity contribution < 1.29 is 29.3 Å². The van der Waals surface area contributed by atoms with Gasteiger partial charge >= 0.3 is 11.9 Å². The van der Waals surface area contributed by atoms with Crippen LogP contribution in [0.25, 0.3) is 6.08 Å². The Balaban J connectivity index is 1.79. The first-order chi connectivity index (χ1) is 12.5. The van der Waals surface area contributed by atoms with E-state index >= 15 is 0 Å². The van der Waals surface area contributed by atoms with Gasteiger partial charge in [0, 0.05) is 5.57 Å². The van der Waals surface area contributed by atoms with Crippen molar-refractivity contribution in [2.75, 3.05) is 13.2 Å². The fourth-order valence-corrected chi connectivity index (χ4v) is 2.20. The fourth-order valence-electron chi connectivity index (χ4n) is 2.20. The Morgan fingerprint density at radius 2 is 1.62 bits per heavy atom. The van der Waals surface area contributed by atoms with E-state index < -0.39 is 18.4 Å². The van der Waals surface area contributed by atoms with Gasteiger partial charge in [0.15, 0.2) is 0 Å². The lowest BCUT2D eigenvalue weighted by atomic mass is 10.1. The monoisotopic (exact) mass is 356 g/mol. The molecular weight excluding hydrogens is 336 g/mol. The Labute approximate surface area is 151 Å². The summed E-state index contributed by atoms with van der Waals surface area (Å²) in [5.41, 5.74) is 1.51. The van der Waals surface area contributed by atoms with Gasteiger partial charge in [0.25, 0.3) is 0 Å². The second-order valence-electron chi connectivity index (χ2n) is 5.50. The van der Waals surface area contributed by atoms with Gasteiger partial charge in [-0.1, -0.05) is 42.5 Å². The van der Waals surface area contributed by atoms with Gasteiger partial charge in [-0.25, -0.2) is 4.79 Å². The van der Waals surface area contributed by atoms with Crippen LogP contribution in [0.5, 0.6) is 5.75 Å². The largest absolute Gasteiger partial charge is 0.491 e. The van der Waals surface area contributed by atoms with E-state index in [0.29, 0.717) is 31.1 Å². The van der Waals surface area contributed by atoms with Crippen molar-refractivity contribution in [3.63, 3.8) is 0 Å². The van der Waals surface area contributed by atoms with Crippen LogP contribution in [0.2, 0.25) is 0 Å². The number of aliphatic carboxylic acids is 2. The Hall–Kier alpha value is -3.12. The molecule has 0 unspecified atom stereocenters. The highest BCUT2D eigenvalue weighted by Gasteiger charge is 2.11. The smallest absolute Gasteiger partial charge is 0.332 e. The molecule has 0 aliphatic carbocycles. The van der Waals surface area contributed by atoms with E-state index in [4.69, 9.17) is 19.7 Å². The molecule has 2 N–H and O–H groups in total. The van der Waals surface area contributed by atoms with Crippen LogP contribution in [0.15, 0.2) is 60.2 Å². The number of benzene rings is 2. The Kier molecular flexibility index (Phi) is 7.39.